The number of methoxy groups -OCH3 is 1. The lowest BCUT2D eigenvalue weighted by Gasteiger charge is -2.30. The number of ether oxygens (including phenoxy) is 2. The molecule has 0 spiro atoms. The van der Waals surface area contributed by atoms with Crippen molar-refractivity contribution in [2.45, 2.75) is 26.4 Å². The summed E-state index contributed by atoms with van der Waals surface area (Å²) >= 11 is 0. The highest BCUT2D eigenvalue weighted by molar-refractivity contribution is 5.99. The van der Waals surface area contributed by atoms with E-state index >= 15 is 0 Å². The molecular formula is C12H21NO4. The first-order chi connectivity index (χ1) is 8.04. The number of piperidine rings is 1. The molecule has 0 N–H and O–H groups in total. The van der Waals surface area contributed by atoms with Crippen LogP contribution in [0.1, 0.15) is 20.3 Å². The first kappa shape index (κ1) is 14.1. The van der Waals surface area contributed by atoms with Crippen molar-refractivity contribution >= 4 is 11.8 Å². The van der Waals surface area contributed by atoms with Gasteiger partial charge in [0.05, 0.1) is 19.8 Å². The third-order valence-corrected chi connectivity index (χ3v) is 2.85. The largest absolute Gasteiger partial charge is 0.468 e. The van der Waals surface area contributed by atoms with E-state index in [1.54, 1.807) is 0 Å². The van der Waals surface area contributed by atoms with Gasteiger partial charge in [-0.05, 0) is 13.8 Å². The smallest absolute Gasteiger partial charge is 0.317 e. The first-order valence-electron chi connectivity index (χ1n) is 5.99. The number of nitrogens with zero attached hydrogens (tertiary/aromatic N) is 1. The summed E-state index contributed by atoms with van der Waals surface area (Å²) in [6.07, 6.45) is 0.624. The third-order valence-electron chi connectivity index (χ3n) is 2.85. The number of ketones is 1. The van der Waals surface area contributed by atoms with Gasteiger partial charge in [0.1, 0.15) is 11.7 Å². The average Bonchev–Trinajstić information content (AvgIpc) is 2.30. The number of hydrogen-bond donors (Lipinski definition) is 0. The highest BCUT2D eigenvalue weighted by atomic mass is 16.5. The quantitative estimate of drug-likeness (QED) is 0.519. The van der Waals surface area contributed by atoms with Gasteiger partial charge >= 0.3 is 5.97 Å². The van der Waals surface area contributed by atoms with E-state index in [-0.39, 0.29) is 11.9 Å². The second-order valence-corrected chi connectivity index (χ2v) is 4.51. The molecule has 0 amide bonds. The van der Waals surface area contributed by atoms with Crippen LogP contribution in [0.25, 0.3) is 0 Å². The summed E-state index contributed by atoms with van der Waals surface area (Å²) in [6, 6.07) is 0. The van der Waals surface area contributed by atoms with E-state index in [0.29, 0.717) is 26.1 Å². The zero-order chi connectivity index (χ0) is 12.8. The minimum atomic E-state index is -0.618. The Bertz CT molecular complexity index is 270. The average molecular weight is 243 g/mol. The molecule has 1 heterocycles. The summed E-state index contributed by atoms with van der Waals surface area (Å²) in [5.41, 5.74) is 0. The lowest BCUT2D eigenvalue weighted by atomic mass is 9.97. The molecule has 0 aliphatic carbocycles. The number of carbonyl (C=O) groups is 2. The van der Waals surface area contributed by atoms with Gasteiger partial charge in [0, 0.05) is 26.1 Å². The zero-order valence-corrected chi connectivity index (χ0v) is 10.8. The minimum absolute atomic E-state index is 0.0159. The Kier molecular flexibility index (Phi) is 5.58. The number of rotatable bonds is 5. The highest BCUT2D eigenvalue weighted by Crippen LogP contribution is 2.14. The molecule has 1 rings (SSSR count). The Balaban J connectivity index is 2.39. The predicted octanol–water partition coefficient (Wildman–Crippen LogP) is 0.475. The molecule has 1 atom stereocenters. The van der Waals surface area contributed by atoms with Crippen molar-refractivity contribution in [3.63, 3.8) is 0 Å². The molecule has 1 aliphatic heterocycles. The van der Waals surface area contributed by atoms with Crippen LogP contribution in [0.5, 0.6) is 0 Å². The minimum Gasteiger partial charge on any atom is -0.468 e. The molecule has 0 aromatic rings. The second kappa shape index (κ2) is 6.71. The lowest BCUT2D eigenvalue weighted by molar-refractivity contribution is -0.152. The van der Waals surface area contributed by atoms with Crippen molar-refractivity contribution in [1.29, 1.82) is 0 Å². The van der Waals surface area contributed by atoms with Crippen LogP contribution >= 0.6 is 0 Å². The van der Waals surface area contributed by atoms with E-state index in [2.05, 4.69) is 9.64 Å². The van der Waals surface area contributed by atoms with E-state index in [1.807, 2.05) is 13.8 Å². The number of Topliss-reactive ketones (excluding diaryl/α,β-unsaturated/α-hetero) is 1. The van der Waals surface area contributed by atoms with Crippen molar-refractivity contribution < 1.29 is 19.1 Å². The summed E-state index contributed by atoms with van der Waals surface area (Å²) in [4.78, 5) is 25.0. The molecule has 0 saturated carbocycles. The van der Waals surface area contributed by atoms with Crippen molar-refractivity contribution in [2.75, 3.05) is 33.4 Å². The van der Waals surface area contributed by atoms with E-state index in [0.717, 1.165) is 6.54 Å². The fourth-order valence-electron chi connectivity index (χ4n) is 1.86. The molecular weight excluding hydrogens is 222 g/mol. The number of hydrogen-bond acceptors (Lipinski definition) is 5. The number of carbonyl (C=O) groups excluding carboxylic acids is 2. The molecule has 17 heavy (non-hydrogen) atoms. The molecule has 0 bridgehead atoms. The van der Waals surface area contributed by atoms with Gasteiger partial charge in [-0.1, -0.05) is 0 Å². The molecule has 1 fully saturated rings. The van der Waals surface area contributed by atoms with Gasteiger partial charge in [0.25, 0.3) is 0 Å². The van der Waals surface area contributed by atoms with Crippen LogP contribution in [0, 0.1) is 5.92 Å². The fourth-order valence-corrected chi connectivity index (χ4v) is 1.86. The maximum absolute atomic E-state index is 11.6. The Morgan fingerprint density at radius 1 is 1.53 bits per heavy atom. The van der Waals surface area contributed by atoms with Crippen LogP contribution in [0.15, 0.2) is 0 Å². The van der Waals surface area contributed by atoms with Crippen LogP contribution in [-0.2, 0) is 19.1 Å². The summed E-state index contributed by atoms with van der Waals surface area (Å²) < 4.78 is 10.1. The Hall–Kier alpha value is -0.940. The molecule has 1 unspecified atom stereocenters. The van der Waals surface area contributed by atoms with Crippen LogP contribution in [0.4, 0.5) is 0 Å². The van der Waals surface area contributed by atoms with Crippen molar-refractivity contribution in [3.8, 4) is 0 Å². The Morgan fingerprint density at radius 2 is 2.24 bits per heavy atom. The van der Waals surface area contributed by atoms with E-state index in [9.17, 15) is 9.59 Å². The second-order valence-electron chi connectivity index (χ2n) is 4.51. The zero-order valence-electron chi connectivity index (χ0n) is 10.8. The van der Waals surface area contributed by atoms with Gasteiger partial charge in [-0.3, -0.25) is 14.5 Å². The van der Waals surface area contributed by atoms with Crippen molar-refractivity contribution in [2.24, 2.45) is 5.92 Å². The highest BCUT2D eigenvalue weighted by Gasteiger charge is 2.33. The van der Waals surface area contributed by atoms with E-state index < -0.39 is 11.9 Å². The topological polar surface area (TPSA) is 55.8 Å². The molecule has 0 aromatic heterocycles. The molecule has 98 valence electrons. The maximum atomic E-state index is 11.6. The molecule has 1 aliphatic rings. The maximum Gasteiger partial charge on any atom is 0.317 e. The van der Waals surface area contributed by atoms with Crippen LogP contribution in [-0.4, -0.2) is 56.1 Å². The van der Waals surface area contributed by atoms with Crippen LogP contribution in [0.2, 0.25) is 0 Å². The van der Waals surface area contributed by atoms with Crippen LogP contribution in [0.3, 0.4) is 0 Å². The number of likely N-dealkylation sites (tertiary alicyclic amines) is 1. The third kappa shape index (κ3) is 4.44. The molecule has 1 saturated heterocycles. The lowest BCUT2D eigenvalue weighted by Crippen LogP contribution is -2.45. The molecule has 5 heteroatoms. The normalized spacial score (nSPS) is 21.9. The van der Waals surface area contributed by atoms with E-state index in [4.69, 9.17) is 4.74 Å². The van der Waals surface area contributed by atoms with Gasteiger partial charge in [-0.15, -0.1) is 0 Å². The van der Waals surface area contributed by atoms with Gasteiger partial charge in [0.15, 0.2) is 0 Å². The summed E-state index contributed by atoms with van der Waals surface area (Å²) in [6.45, 7) is 6.49. The number of esters is 1. The Morgan fingerprint density at radius 3 is 2.82 bits per heavy atom. The van der Waals surface area contributed by atoms with Gasteiger partial charge in [-0.2, -0.15) is 0 Å². The van der Waals surface area contributed by atoms with Gasteiger partial charge in [-0.25, -0.2) is 0 Å². The summed E-state index contributed by atoms with van der Waals surface area (Å²) in [7, 11) is 1.32. The van der Waals surface area contributed by atoms with Crippen LogP contribution < -0.4 is 0 Å². The van der Waals surface area contributed by atoms with Gasteiger partial charge < -0.3 is 9.47 Å². The molecule has 0 aromatic carbocycles. The monoisotopic (exact) mass is 243 g/mol. The molecule has 5 nitrogen and oxygen atoms in total. The predicted molar refractivity (Wildman–Crippen MR) is 62.7 cm³/mol. The Labute approximate surface area is 102 Å². The van der Waals surface area contributed by atoms with Crippen molar-refractivity contribution in [3.05, 3.63) is 0 Å². The van der Waals surface area contributed by atoms with Crippen molar-refractivity contribution in [1.82, 2.24) is 4.90 Å². The SMILES string of the molecule is COC(=O)C1CN(CCOC(C)C)CCC1=O. The fraction of sp³-hybridized carbons (Fsp3) is 0.833. The molecule has 0 radical (unpaired) electrons. The standard InChI is InChI=1S/C12H21NO4/c1-9(2)17-7-6-13-5-4-11(14)10(8-13)12(15)16-3/h9-10H,4-8H2,1-3H3. The summed E-state index contributed by atoms with van der Waals surface area (Å²) in [5, 5.41) is 0. The van der Waals surface area contributed by atoms with E-state index in [1.165, 1.54) is 7.11 Å². The van der Waals surface area contributed by atoms with Gasteiger partial charge in [0.2, 0.25) is 0 Å². The summed E-state index contributed by atoms with van der Waals surface area (Å²) in [5.74, 6) is -1.06. The first-order valence-corrected chi connectivity index (χ1v) is 5.99.